The first-order valence-electron chi connectivity index (χ1n) is 15.7. The monoisotopic (exact) mass is 593 g/mol. The van der Waals surface area contributed by atoms with Gasteiger partial charge in [0.25, 0.3) is 0 Å². The van der Waals surface area contributed by atoms with Crippen molar-refractivity contribution in [2.24, 2.45) is 11.8 Å². The number of thioether (sulfide) groups is 1. The summed E-state index contributed by atoms with van der Waals surface area (Å²) in [5, 5.41) is 9.49. The van der Waals surface area contributed by atoms with E-state index in [2.05, 4.69) is 25.2 Å². The first kappa shape index (κ1) is 29.3. The fourth-order valence-electron chi connectivity index (χ4n) is 8.01. The highest BCUT2D eigenvalue weighted by molar-refractivity contribution is 8.02. The second-order valence-electron chi connectivity index (χ2n) is 12.4. The minimum Gasteiger partial charge on any atom is -0.494 e. The summed E-state index contributed by atoms with van der Waals surface area (Å²) in [5.74, 6) is -0.712. The lowest BCUT2D eigenvalue weighted by molar-refractivity contribution is -0.144. The van der Waals surface area contributed by atoms with Gasteiger partial charge in [0.2, 0.25) is 17.7 Å². The number of carbonyl (C=O) groups is 3. The van der Waals surface area contributed by atoms with Gasteiger partial charge in [0.15, 0.2) is 0 Å². The fourth-order valence-corrected chi connectivity index (χ4v) is 10.2. The number of hydrogen-bond donors (Lipinski definition) is 1. The van der Waals surface area contributed by atoms with Gasteiger partial charge in [-0.05, 0) is 63.8 Å². The zero-order valence-electron chi connectivity index (χ0n) is 24.7. The molecule has 0 bridgehead atoms. The molecule has 3 fully saturated rings. The van der Waals surface area contributed by atoms with Crippen LogP contribution in [0.5, 0.6) is 5.75 Å². The lowest BCUT2D eigenvalue weighted by Crippen LogP contribution is -2.55. The Hall–Kier alpha value is -2.78. The molecule has 1 aliphatic carbocycles. The van der Waals surface area contributed by atoms with Gasteiger partial charge in [-0.3, -0.25) is 14.4 Å². The topological polar surface area (TPSA) is 90.4 Å². The summed E-state index contributed by atoms with van der Waals surface area (Å²) in [6, 6.07) is 7.06. The van der Waals surface area contributed by atoms with E-state index in [0.29, 0.717) is 39.1 Å². The molecular formula is C33H43N3O5S. The normalized spacial score (nSPS) is 33.0. The molecule has 4 aliphatic heterocycles. The van der Waals surface area contributed by atoms with Crippen LogP contribution in [-0.4, -0.2) is 87.1 Å². The minimum absolute atomic E-state index is 0.0131. The molecule has 42 heavy (non-hydrogen) atoms. The van der Waals surface area contributed by atoms with Crippen LogP contribution < -0.4 is 9.64 Å². The van der Waals surface area contributed by atoms with Crippen molar-refractivity contribution in [3.05, 3.63) is 48.6 Å². The number of aliphatic hydroxyl groups excluding tert-OH is 1. The SMILES string of the molecule is CCOc1ccc(N2CC=C[C@@]3(C)S[C@]45C=CCN(C6CCCCC6)C(=O)C4N(CCCCO)C(=O)[C@@H]5[C@H]3C2=O)cc1. The van der Waals surface area contributed by atoms with E-state index < -0.39 is 27.4 Å². The third-order valence-corrected chi connectivity index (χ3v) is 11.7. The van der Waals surface area contributed by atoms with Crippen molar-refractivity contribution in [3.8, 4) is 5.75 Å². The fraction of sp³-hybridized carbons (Fsp3) is 0.606. The van der Waals surface area contributed by atoms with E-state index in [0.717, 1.165) is 37.1 Å². The molecule has 2 saturated heterocycles. The molecule has 9 heteroatoms. The van der Waals surface area contributed by atoms with Crippen molar-refractivity contribution < 1.29 is 24.2 Å². The first-order valence-corrected chi connectivity index (χ1v) is 16.5. The van der Waals surface area contributed by atoms with Gasteiger partial charge >= 0.3 is 0 Å². The smallest absolute Gasteiger partial charge is 0.247 e. The number of amides is 3. The number of benzene rings is 1. The van der Waals surface area contributed by atoms with Gasteiger partial charge in [0.1, 0.15) is 11.8 Å². The molecule has 226 valence electrons. The van der Waals surface area contributed by atoms with E-state index in [1.165, 1.54) is 6.42 Å². The molecule has 0 radical (unpaired) electrons. The van der Waals surface area contributed by atoms with Crippen LogP contribution in [0.25, 0.3) is 0 Å². The van der Waals surface area contributed by atoms with Crippen LogP contribution in [0.4, 0.5) is 5.69 Å². The third-order valence-electron chi connectivity index (χ3n) is 9.87. The lowest BCUT2D eigenvalue weighted by Gasteiger charge is -2.40. The second-order valence-corrected chi connectivity index (χ2v) is 14.2. The summed E-state index contributed by atoms with van der Waals surface area (Å²) >= 11 is 1.63. The van der Waals surface area contributed by atoms with Gasteiger partial charge in [-0.2, -0.15) is 0 Å². The maximum absolute atomic E-state index is 14.6. The van der Waals surface area contributed by atoms with Gasteiger partial charge < -0.3 is 24.5 Å². The number of ether oxygens (including phenoxy) is 1. The standard InChI is InChI=1S/C33H43N3O5S/c1-3-41-25-15-13-24(14-16-25)34-20-9-17-32(2)26(29(34)38)27-30(39)36(19-7-8-22-37)28-31(40)35(23-11-5-4-6-12-23)21-10-18-33(27,28)42-32/h9-10,13-18,23,26-28,37H,3-8,11-12,19-22H2,1-2H3/t26-,27-,28?,32+,33-/m0/s1. The predicted molar refractivity (Wildman–Crippen MR) is 164 cm³/mol. The summed E-state index contributed by atoms with van der Waals surface area (Å²) in [5.41, 5.74) is 0.765. The predicted octanol–water partition coefficient (Wildman–Crippen LogP) is 4.18. The minimum atomic E-state index is -0.835. The van der Waals surface area contributed by atoms with E-state index in [9.17, 15) is 19.5 Å². The van der Waals surface area contributed by atoms with Crippen molar-refractivity contribution >= 4 is 35.2 Å². The highest BCUT2D eigenvalue weighted by atomic mass is 32.2. The van der Waals surface area contributed by atoms with Gasteiger partial charge in [-0.1, -0.05) is 43.6 Å². The Morgan fingerprint density at radius 2 is 1.67 bits per heavy atom. The van der Waals surface area contributed by atoms with E-state index >= 15 is 0 Å². The van der Waals surface area contributed by atoms with Crippen LogP contribution in [0.2, 0.25) is 0 Å². The molecule has 3 amide bonds. The Kier molecular flexibility index (Phi) is 8.17. The van der Waals surface area contributed by atoms with Crippen LogP contribution >= 0.6 is 11.8 Å². The van der Waals surface area contributed by atoms with E-state index in [4.69, 9.17) is 4.74 Å². The van der Waals surface area contributed by atoms with E-state index in [1.54, 1.807) is 21.6 Å². The molecule has 5 atom stereocenters. The summed E-state index contributed by atoms with van der Waals surface area (Å²) in [7, 11) is 0. The molecule has 1 saturated carbocycles. The van der Waals surface area contributed by atoms with Crippen LogP contribution in [-0.2, 0) is 14.4 Å². The zero-order valence-corrected chi connectivity index (χ0v) is 25.6. The van der Waals surface area contributed by atoms with Crippen molar-refractivity contribution in [3.63, 3.8) is 0 Å². The van der Waals surface area contributed by atoms with Crippen LogP contribution in [0.3, 0.4) is 0 Å². The number of likely N-dealkylation sites (tertiary alicyclic amines) is 1. The lowest BCUT2D eigenvalue weighted by atomic mass is 9.74. The van der Waals surface area contributed by atoms with Crippen molar-refractivity contribution in [2.45, 2.75) is 80.4 Å². The average Bonchev–Trinajstić information content (AvgIpc) is 3.25. The second kappa shape index (κ2) is 11.7. The molecule has 1 N–H and O–H groups in total. The molecule has 6 rings (SSSR count). The third kappa shape index (κ3) is 4.77. The molecule has 8 nitrogen and oxygen atoms in total. The largest absolute Gasteiger partial charge is 0.494 e. The summed E-state index contributed by atoms with van der Waals surface area (Å²) in [4.78, 5) is 49.2. The molecule has 1 spiro atoms. The Labute approximate surface area is 253 Å². The molecule has 4 heterocycles. The molecular weight excluding hydrogens is 550 g/mol. The quantitative estimate of drug-likeness (QED) is 0.359. The zero-order chi connectivity index (χ0) is 29.5. The Morgan fingerprint density at radius 3 is 2.38 bits per heavy atom. The summed E-state index contributed by atoms with van der Waals surface area (Å²) in [6.45, 7) is 5.96. The maximum Gasteiger partial charge on any atom is 0.247 e. The Morgan fingerprint density at radius 1 is 0.929 bits per heavy atom. The van der Waals surface area contributed by atoms with Gasteiger partial charge in [-0.15, -0.1) is 11.8 Å². The van der Waals surface area contributed by atoms with Crippen LogP contribution in [0.1, 0.15) is 58.8 Å². The molecule has 5 aliphatic rings. The highest BCUT2D eigenvalue weighted by Gasteiger charge is 2.74. The molecule has 1 aromatic rings. The van der Waals surface area contributed by atoms with E-state index in [-0.39, 0.29) is 30.4 Å². The average molecular weight is 594 g/mol. The summed E-state index contributed by atoms with van der Waals surface area (Å²) < 4.78 is 4.13. The van der Waals surface area contributed by atoms with Crippen LogP contribution in [0.15, 0.2) is 48.6 Å². The Balaban J connectivity index is 1.39. The molecule has 0 aromatic heterocycles. The van der Waals surface area contributed by atoms with Crippen molar-refractivity contribution in [2.75, 3.05) is 37.7 Å². The number of aliphatic hydroxyl groups is 1. The summed E-state index contributed by atoms with van der Waals surface area (Å²) in [6.07, 6.45) is 14.9. The number of carbonyl (C=O) groups excluding carboxylic acids is 3. The first-order chi connectivity index (χ1) is 20.3. The maximum atomic E-state index is 14.6. The Bertz CT molecular complexity index is 1260. The van der Waals surface area contributed by atoms with Gasteiger partial charge in [-0.25, -0.2) is 0 Å². The van der Waals surface area contributed by atoms with Crippen molar-refractivity contribution in [1.29, 1.82) is 0 Å². The molecule has 1 unspecified atom stereocenters. The molecule has 1 aromatic carbocycles. The number of hydrogen-bond acceptors (Lipinski definition) is 6. The van der Waals surface area contributed by atoms with Gasteiger partial charge in [0.05, 0.1) is 23.2 Å². The van der Waals surface area contributed by atoms with Crippen molar-refractivity contribution in [1.82, 2.24) is 9.80 Å². The number of unbranched alkanes of at least 4 members (excludes halogenated alkanes) is 1. The van der Waals surface area contributed by atoms with E-state index in [1.807, 2.05) is 42.2 Å². The number of anilines is 1. The highest BCUT2D eigenvalue weighted by Crippen LogP contribution is 2.65. The van der Waals surface area contributed by atoms with Crippen LogP contribution in [0, 0.1) is 11.8 Å². The van der Waals surface area contributed by atoms with Gasteiger partial charge in [0, 0.05) is 42.7 Å². The number of rotatable bonds is 8. The number of nitrogens with zero attached hydrogens (tertiary/aromatic N) is 3. The number of fused-ring (bicyclic) bond motifs is 2.